The van der Waals surface area contributed by atoms with Gasteiger partial charge in [0.25, 0.3) is 0 Å². The first-order valence-electron chi connectivity index (χ1n) is 8.75. The maximum atomic E-state index is 14.1. The number of allylic oxidation sites excluding steroid dienone is 1. The summed E-state index contributed by atoms with van der Waals surface area (Å²) in [4.78, 5) is 0. The third kappa shape index (κ3) is 3.13. The third-order valence-electron chi connectivity index (χ3n) is 5.01. The first-order chi connectivity index (χ1) is 12.3. The molecule has 3 aromatic rings. The van der Waals surface area contributed by atoms with Crippen molar-refractivity contribution in [3.8, 4) is 0 Å². The van der Waals surface area contributed by atoms with Crippen LogP contribution in [-0.4, -0.2) is 6.16 Å². The van der Waals surface area contributed by atoms with Gasteiger partial charge in [-0.25, -0.2) is 0 Å². The van der Waals surface area contributed by atoms with Crippen LogP contribution in [0.25, 0.3) is 6.08 Å². The summed E-state index contributed by atoms with van der Waals surface area (Å²) in [6, 6.07) is 28.4. The highest BCUT2D eigenvalue weighted by Crippen LogP contribution is 2.46. The maximum absolute atomic E-state index is 14.1. The minimum atomic E-state index is -2.62. The number of rotatable bonds is 5. The van der Waals surface area contributed by atoms with Crippen molar-refractivity contribution in [3.63, 3.8) is 0 Å². The molecule has 1 unspecified atom stereocenters. The summed E-state index contributed by atoms with van der Waals surface area (Å²) >= 11 is 0. The lowest BCUT2D eigenvalue weighted by atomic mass is 9.99. The fourth-order valence-corrected chi connectivity index (χ4v) is 6.41. The molecule has 0 radical (unpaired) electrons. The predicted octanol–water partition coefficient (Wildman–Crippen LogP) is 5.20. The van der Waals surface area contributed by atoms with E-state index >= 15 is 0 Å². The molecule has 1 aliphatic rings. The van der Waals surface area contributed by atoms with Crippen LogP contribution in [0.2, 0.25) is 0 Å². The lowest BCUT2D eigenvalue weighted by Gasteiger charge is -2.21. The number of hydrogen-bond donors (Lipinski definition) is 0. The molecule has 0 spiro atoms. The van der Waals surface area contributed by atoms with E-state index in [1.807, 2.05) is 60.7 Å². The zero-order valence-electron chi connectivity index (χ0n) is 14.1. The van der Waals surface area contributed by atoms with E-state index in [0.717, 1.165) is 17.0 Å². The normalized spacial score (nSPS) is 15.9. The highest BCUT2D eigenvalue weighted by molar-refractivity contribution is 7.78. The van der Waals surface area contributed by atoms with Crippen molar-refractivity contribution >= 4 is 23.8 Å². The number of benzene rings is 3. The van der Waals surface area contributed by atoms with E-state index in [9.17, 15) is 4.57 Å². The van der Waals surface area contributed by atoms with Crippen molar-refractivity contribution < 1.29 is 4.57 Å². The van der Waals surface area contributed by atoms with Gasteiger partial charge in [-0.15, -0.1) is 0 Å². The van der Waals surface area contributed by atoms with Crippen LogP contribution in [0.5, 0.6) is 0 Å². The molecule has 2 heteroatoms. The van der Waals surface area contributed by atoms with Crippen LogP contribution in [0, 0.1) is 0 Å². The minimum absolute atomic E-state index is 0.358. The molecule has 1 atom stereocenters. The summed E-state index contributed by atoms with van der Waals surface area (Å²) < 4.78 is 14.1. The Morgan fingerprint density at radius 1 is 0.720 bits per heavy atom. The molecule has 1 aliphatic carbocycles. The largest absolute Gasteiger partial charge is 0.314 e. The standard InChI is InChI=1S/C23H21OP/c24-25(21-10-3-1-4-11-21,22-12-5-2-6-13-22)18-17-20-16-15-19-9-7-8-14-23(19)20/h1-16,20H,17-18H2. The highest BCUT2D eigenvalue weighted by Gasteiger charge is 2.29. The van der Waals surface area contributed by atoms with Crippen LogP contribution in [0.1, 0.15) is 23.5 Å². The molecule has 0 bridgehead atoms. The summed E-state index contributed by atoms with van der Waals surface area (Å²) in [6.45, 7) is 0. The Hall–Kier alpha value is -2.37. The number of hydrogen-bond acceptors (Lipinski definition) is 1. The molecule has 0 fully saturated rings. The molecule has 3 aromatic carbocycles. The SMILES string of the molecule is O=P(CCC1C=Cc2ccccc21)(c1ccccc1)c1ccccc1. The minimum Gasteiger partial charge on any atom is -0.314 e. The summed E-state index contributed by atoms with van der Waals surface area (Å²) in [5.74, 6) is 0.358. The van der Waals surface area contributed by atoms with Crippen molar-refractivity contribution in [1.82, 2.24) is 0 Å². The van der Waals surface area contributed by atoms with E-state index in [0.29, 0.717) is 12.1 Å². The maximum Gasteiger partial charge on any atom is 0.143 e. The smallest absolute Gasteiger partial charge is 0.143 e. The van der Waals surface area contributed by atoms with Gasteiger partial charge in [0, 0.05) is 22.7 Å². The van der Waals surface area contributed by atoms with E-state index in [-0.39, 0.29) is 0 Å². The topological polar surface area (TPSA) is 17.1 Å². The summed E-state index contributed by atoms with van der Waals surface area (Å²) in [7, 11) is -2.62. The lowest BCUT2D eigenvalue weighted by Crippen LogP contribution is -2.19. The Bertz CT molecular complexity index is 885. The van der Waals surface area contributed by atoms with Gasteiger partial charge in [0.2, 0.25) is 0 Å². The zero-order valence-corrected chi connectivity index (χ0v) is 15.0. The lowest BCUT2D eigenvalue weighted by molar-refractivity contribution is 0.584. The van der Waals surface area contributed by atoms with Gasteiger partial charge in [-0.2, -0.15) is 0 Å². The van der Waals surface area contributed by atoms with Crippen LogP contribution in [-0.2, 0) is 4.57 Å². The van der Waals surface area contributed by atoms with E-state index < -0.39 is 7.14 Å². The van der Waals surface area contributed by atoms with Gasteiger partial charge in [-0.1, -0.05) is 97.1 Å². The Morgan fingerprint density at radius 3 is 1.92 bits per heavy atom. The van der Waals surface area contributed by atoms with Gasteiger partial charge in [-0.3, -0.25) is 0 Å². The van der Waals surface area contributed by atoms with Crippen LogP contribution in [0.4, 0.5) is 0 Å². The Morgan fingerprint density at radius 2 is 1.28 bits per heavy atom. The van der Waals surface area contributed by atoms with Crippen molar-refractivity contribution in [2.75, 3.05) is 6.16 Å². The second kappa shape index (κ2) is 6.86. The average Bonchev–Trinajstić information content (AvgIpc) is 3.11. The van der Waals surface area contributed by atoms with Crippen LogP contribution in [0.3, 0.4) is 0 Å². The Kier molecular flexibility index (Phi) is 4.42. The van der Waals surface area contributed by atoms with E-state index in [2.05, 4.69) is 36.4 Å². The van der Waals surface area contributed by atoms with Gasteiger partial charge in [0.05, 0.1) is 0 Å². The van der Waals surface area contributed by atoms with E-state index in [1.54, 1.807) is 0 Å². The Labute approximate surface area is 149 Å². The predicted molar refractivity (Wildman–Crippen MR) is 107 cm³/mol. The molecule has 0 N–H and O–H groups in total. The molecular weight excluding hydrogens is 323 g/mol. The second-order valence-electron chi connectivity index (χ2n) is 6.52. The Balaban J connectivity index is 1.65. The summed E-state index contributed by atoms with van der Waals surface area (Å²) in [5.41, 5.74) is 2.65. The molecule has 1 nitrogen and oxygen atoms in total. The molecule has 0 aromatic heterocycles. The van der Waals surface area contributed by atoms with Gasteiger partial charge >= 0.3 is 0 Å². The highest BCUT2D eigenvalue weighted by atomic mass is 31.2. The summed E-state index contributed by atoms with van der Waals surface area (Å²) in [6.07, 6.45) is 6.03. The third-order valence-corrected chi connectivity index (χ3v) is 8.16. The van der Waals surface area contributed by atoms with E-state index in [1.165, 1.54) is 11.1 Å². The first kappa shape index (κ1) is 16.1. The molecule has 4 rings (SSSR count). The number of fused-ring (bicyclic) bond motifs is 1. The van der Waals surface area contributed by atoms with Crippen molar-refractivity contribution in [2.24, 2.45) is 0 Å². The van der Waals surface area contributed by atoms with Gasteiger partial charge in [-0.05, 0) is 17.5 Å². The van der Waals surface area contributed by atoms with Crippen molar-refractivity contribution in [3.05, 3.63) is 102 Å². The van der Waals surface area contributed by atoms with Crippen LogP contribution in [0.15, 0.2) is 91.0 Å². The van der Waals surface area contributed by atoms with E-state index in [4.69, 9.17) is 0 Å². The van der Waals surface area contributed by atoms with Gasteiger partial charge < -0.3 is 4.57 Å². The molecular formula is C23H21OP. The monoisotopic (exact) mass is 344 g/mol. The quantitative estimate of drug-likeness (QED) is 0.581. The van der Waals surface area contributed by atoms with Crippen molar-refractivity contribution in [2.45, 2.75) is 12.3 Å². The fourth-order valence-electron chi connectivity index (χ4n) is 3.64. The zero-order chi connectivity index (χ0) is 17.1. The molecule has 0 amide bonds. The first-order valence-corrected chi connectivity index (χ1v) is 10.6. The van der Waals surface area contributed by atoms with Crippen molar-refractivity contribution in [1.29, 1.82) is 0 Å². The molecule has 25 heavy (non-hydrogen) atoms. The van der Waals surface area contributed by atoms with Crippen LogP contribution < -0.4 is 10.6 Å². The van der Waals surface area contributed by atoms with Gasteiger partial charge in [0.1, 0.15) is 7.14 Å². The molecule has 0 aliphatic heterocycles. The summed E-state index contributed by atoms with van der Waals surface area (Å²) in [5, 5.41) is 1.91. The molecule has 0 saturated carbocycles. The van der Waals surface area contributed by atoms with Crippen LogP contribution >= 0.6 is 7.14 Å². The second-order valence-corrected chi connectivity index (χ2v) is 9.48. The average molecular weight is 344 g/mol. The molecule has 124 valence electrons. The molecule has 0 saturated heterocycles. The fraction of sp³-hybridized carbons (Fsp3) is 0.130. The molecule has 0 heterocycles. The van der Waals surface area contributed by atoms with Gasteiger partial charge in [0.15, 0.2) is 0 Å².